The maximum Gasteiger partial charge on any atom is 0.228 e. The highest BCUT2D eigenvalue weighted by atomic mass is 79.9. The van der Waals surface area contributed by atoms with E-state index < -0.39 is 8.07 Å². The number of halogens is 2. The van der Waals surface area contributed by atoms with E-state index >= 15 is 0 Å². The molecule has 0 atom stereocenters. The summed E-state index contributed by atoms with van der Waals surface area (Å²) in [6.07, 6.45) is 4.16. The number of hydrogen-bond donors (Lipinski definition) is 1. The monoisotopic (exact) mass is 491 g/mol. The molecule has 8 heteroatoms. The van der Waals surface area contributed by atoms with Crippen molar-refractivity contribution in [2.75, 3.05) is 11.9 Å². The van der Waals surface area contributed by atoms with Gasteiger partial charge >= 0.3 is 0 Å². The fraction of sp³-hybridized carbons (Fsp3) is 0.333. The molecule has 2 aromatic heterocycles. The minimum absolute atomic E-state index is 0.0258. The molecular weight excluding hydrogens is 470 g/mol. The van der Waals surface area contributed by atoms with Gasteiger partial charge in [0.25, 0.3) is 0 Å². The molecule has 0 radical (unpaired) electrons. The van der Waals surface area contributed by atoms with Crippen molar-refractivity contribution < 1.29 is 9.53 Å². The molecule has 1 amide bonds. The summed E-state index contributed by atoms with van der Waals surface area (Å²) in [7, 11) is -1.14. The molecule has 1 aliphatic heterocycles. The Bertz CT molecular complexity index is 1110. The number of nitrogens with one attached hydrogen (secondary N) is 1. The van der Waals surface area contributed by atoms with E-state index in [2.05, 4.69) is 51.9 Å². The van der Waals surface area contributed by atoms with Crippen LogP contribution in [-0.2, 0) is 22.7 Å². The zero-order chi connectivity index (χ0) is 20.8. The largest absolute Gasteiger partial charge is 0.361 e. The molecule has 4 rings (SSSR count). The van der Waals surface area contributed by atoms with Crippen molar-refractivity contribution in [3.63, 3.8) is 0 Å². The Labute approximate surface area is 184 Å². The fourth-order valence-electron chi connectivity index (χ4n) is 3.45. The maximum atomic E-state index is 11.7. The molecule has 1 aromatic carbocycles. The zero-order valence-electron chi connectivity index (χ0n) is 16.7. The highest BCUT2D eigenvalue weighted by Gasteiger charge is 2.21. The first-order valence-electron chi connectivity index (χ1n) is 9.57. The summed E-state index contributed by atoms with van der Waals surface area (Å²) in [5, 5.41) is 4.39. The van der Waals surface area contributed by atoms with Gasteiger partial charge in [-0.25, -0.2) is 4.98 Å². The molecular formula is C21H23BrClN3O2Si. The van der Waals surface area contributed by atoms with Crippen LogP contribution in [0.1, 0.15) is 5.56 Å². The summed E-state index contributed by atoms with van der Waals surface area (Å²) >= 11 is 10.1. The number of rotatable bonds is 6. The molecule has 29 heavy (non-hydrogen) atoms. The predicted octanol–water partition coefficient (Wildman–Crippen LogP) is 5.93. The smallest absolute Gasteiger partial charge is 0.228 e. The Morgan fingerprint density at radius 3 is 2.90 bits per heavy atom. The van der Waals surface area contributed by atoms with Gasteiger partial charge in [0.05, 0.1) is 15.9 Å². The Hall–Kier alpha value is -1.67. The predicted molar refractivity (Wildman–Crippen MR) is 124 cm³/mol. The molecule has 0 saturated carbocycles. The average Bonchev–Trinajstić information content (AvgIpc) is 3.20. The molecule has 3 heterocycles. The second kappa shape index (κ2) is 7.87. The lowest BCUT2D eigenvalue weighted by Crippen LogP contribution is -2.22. The summed E-state index contributed by atoms with van der Waals surface area (Å²) in [5.74, 6) is 0.0258. The molecule has 152 valence electrons. The first kappa shape index (κ1) is 20.6. The molecule has 1 N–H and O–H groups in total. The number of aromatic nitrogens is 2. The van der Waals surface area contributed by atoms with E-state index in [1.165, 1.54) is 0 Å². The molecule has 1 aliphatic rings. The van der Waals surface area contributed by atoms with E-state index in [0.29, 0.717) is 18.2 Å². The minimum Gasteiger partial charge on any atom is -0.361 e. The van der Waals surface area contributed by atoms with Crippen molar-refractivity contribution >= 4 is 58.2 Å². The third-order valence-electron chi connectivity index (χ3n) is 5.05. The number of carbonyl (C=O) groups is 1. The van der Waals surface area contributed by atoms with Crippen LogP contribution in [0.2, 0.25) is 30.7 Å². The van der Waals surface area contributed by atoms with E-state index in [0.717, 1.165) is 50.5 Å². The Morgan fingerprint density at radius 1 is 1.34 bits per heavy atom. The Morgan fingerprint density at radius 2 is 2.14 bits per heavy atom. The number of ether oxygens (including phenoxy) is 1. The van der Waals surface area contributed by atoms with Gasteiger partial charge in [0.1, 0.15) is 12.4 Å². The van der Waals surface area contributed by atoms with E-state index in [9.17, 15) is 4.79 Å². The highest BCUT2D eigenvalue weighted by Crippen LogP contribution is 2.39. The van der Waals surface area contributed by atoms with Gasteiger partial charge in [-0.05, 0) is 45.2 Å². The van der Waals surface area contributed by atoms with Gasteiger partial charge in [-0.15, -0.1) is 0 Å². The van der Waals surface area contributed by atoms with Crippen LogP contribution in [0.4, 0.5) is 5.69 Å². The van der Waals surface area contributed by atoms with Crippen LogP contribution in [0, 0.1) is 0 Å². The van der Waals surface area contributed by atoms with Gasteiger partial charge in [0.2, 0.25) is 5.91 Å². The molecule has 0 unspecified atom stereocenters. The summed E-state index contributed by atoms with van der Waals surface area (Å²) < 4.78 is 8.72. The molecule has 0 saturated heterocycles. The maximum absolute atomic E-state index is 11.7. The SMILES string of the molecule is C[Si](C)(C)CCOCn1cc(-c2ccc3c(c2)CC(=O)N3)c2c(Cl)c(Br)cnc21. The van der Waals surface area contributed by atoms with Crippen LogP contribution >= 0.6 is 27.5 Å². The third kappa shape index (κ3) is 4.28. The quantitative estimate of drug-likeness (QED) is 0.343. The lowest BCUT2D eigenvalue weighted by atomic mass is 10.0. The molecule has 3 aromatic rings. The van der Waals surface area contributed by atoms with Crippen LogP contribution in [0.15, 0.2) is 35.1 Å². The average molecular weight is 493 g/mol. The molecule has 5 nitrogen and oxygen atoms in total. The van der Waals surface area contributed by atoms with Crippen LogP contribution < -0.4 is 5.32 Å². The second-order valence-electron chi connectivity index (χ2n) is 8.58. The van der Waals surface area contributed by atoms with Crippen molar-refractivity contribution in [1.82, 2.24) is 9.55 Å². The number of anilines is 1. The third-order valence-corrected chi connectivity index (χ3v) is 7.97. The highest BCUT2D eigenvalue weighted by molar-refractivity contribution is 9.10. The van der Waals surface area contributed by atoms with E-state index in [1.807, 2.05) is 22.9 Å². The molecule has 0 spiro atoms. The van der Waals surface area contributed by atoms with Gasteiger partial charge in [-0.1, -0.05) is 37.3 Å². The fourth-order valence-corrected chi connectivity index (χ4v) is 4.74. The first-order chi connectivity index (χ1) is 13.7. The number of fused-ring (bicyclic) bond motifs is 2. The van der Waals surface area contributed by atoms with Crippen LogP contribution in [0.25, 0.3) is 22.2 Å². The van der Waals surface area contributed by atoms with Gasteiger partial charge in [0, 0.05) is 43.7 Å². The molecule has 0 bridgehead atoms. The summed E-state index contributed by atoms with van der Waals surface area (Å²) in [6.45, 7) is 8.18. The first-order valence-corrected chi connectivity index (χ1v) is 14.4. The van der Waals surface area contributed by atoms with Crippen LogP contribution in [0.5, 0.6) is 0 Å². The Balaban J connectivity index is 1.71. The summed E-state index contributed by atoms with van der Waals surface area (Å²) in [5.41, 5.74) is 4.65. The van der Waals surface area contributed by atoms with Crippen LogP contribution in [-0.4, -0.2) is 30.1 Å². The normalized spacial score (nSPS) is 13.8. The van der Waals surface area contributed by atoms with E-state index in [1.54, 1.807) is 6.20 Å². The number of nitrogens with zero attached hydrogens (tertiary/aromatic N) is 2. The number of hydrogen-bond acceptors (Lipinski definition) is 3. The van der Waals surface area contributed by atoms with Gasteiger partial charge in [0.15, 0.2) is 0 Å². The van der Waals surface area contributed by atoms with Crippen molar-refractivity contribution in [3.05, 3.63) is 45.7 Å². The lowest BCUT2D eigenvalue weighted by molar-refractivity contribution is -0.115. The minimum atomic E-state index is -1.14. The Kier molecular flexibility index (Phi) is 5.59. The standard InChI is InChI=1S/C21H23BrClN3O2Si/c1-29(2,3)7-6-28-12-26-11-15(19-20(23)16(22)10-24-21(19)26)13-4-5-17-14(8-13)9-18(27)25-17/h4-5,8,10-11H,6-7,9,12H2,1-3H3,(H,25,27). The van der Waals surface area contributed by atoms with E-state index in [4.69, 9.17) is 16.3 Å². The van der Waals surface area contributed by atoms with Crippen LogP contribution in [0.3, 0.4) is 0 Å². The van der Waals surface area contributed by atoms with Crippen molar-refractivity contribution in [2.45, 2.75) is 38.8 Å². The summed E-state index contributed by atoms with van der Waals surface area (Å²) in [6, 6.07) is 7.12. The van der Waals surface area contributed by atoms with Crippen molar-refractivity contribution in [2.24, 2.45) is 0 Å². The van der Waals surface area contributed by atoms with Gasteiger partial charge < -0.3 is 14.6 Å². The zero-order valence-corrected chi connectivity index (χ0v) is 20.0. The molecule has 0 fully saturated rings. The second-order valence-corrected chi connectivity index (χ2v) is 15.4. The van der Waals surface area contributed by atoms with Crippen molar-refractivity contribution in [3.8, 4) is 11.1 Å². The number of amides is 1. The number of benzene rings is 1. The lowest BCUT2D eigenvalue weighted by Gasteiger charge is -2.15. The van der Waals surface area contributed by atoms with Gasteiger partial charge in [-0.3, -0.25) is 4.79 Å². The number of pyridine rings is 1. The topological polar surface area (TPSA) is 56.1 Å². The van der Waals surface area contributed by atoms with Gasteiger partial charge in [-0.2, -0.15) is 0 Å². The van der Waals surface area contributed by atoms with Crippen molar-refractivity contribution in [1.29, 1.82) is 0 Å². The van der Waals surface area contributed by atoms with E-state index in [-0.39, 0.29) is 5.91 Å². The molecule has 0 aliphatic carbocycles. The number of carbonyl (C=O) groups excluding carboxylic acids is 1. The summed E-state index contributed by atoms with van der Waals surface area (Å²) in [4.78, 5) is 16.3.